The molecule has 0 saturated heterocycles. The maximum atomic E-state index is 2.54. The lowest BCUT2D eigenvalue weighted by Crippen LogP contribution is -2.39. The number of para-hydroxylation sites is 1. The summed E-state index contributed by atoms with van der Waals surface area (Å²) in [4.78, 5) is 2.36. The van der Waals surface area contributed by atoms with Gasteiger partial charge >= 0.3 is 0 Å². The number of benzene rings is 8. The van der Waals surface area contributed by atoms with Crippen molar-refractivity contribution in [2.45, 2.75) is 36.5 Å². The normalized spacial score (nSPS) is 15.3. The summed E-state index contributed by atoms with van der Waals surface area (Å²) in [6.45, 7) is 0. The second-order valence-corrected chi connectivity index (χ2v) is 15.7. The largest absolute Gasteiger partial charge is 0.310 e. The summed E-state index contributed by atoms with van der Waals surface area (Å²) < 4.78 is 0. The molecule has 1 saturated carbocycles. The molecule has 0 unspecified atom stereocenters. The summed E-state index contributed by atoms with van der Waals surface area (Å²) in [5, 5.41) is 0. The maximum Gasteiger partial charge on any atom is 0.0467 e. The van der Waals surface area contributed by atoms with Gasteiger partial charge in [-0.15, -0.1) is 0 Å². The second-order valence-electron chi connectivity index (χ2n) is 15.7. The second kappa shape index (κ2) is 12.6. The van der Waals surface area contributed by atoms with Crippen LogP contribution in [0.15, 0.2) is 200 Å². The van der Waals surface area contributed by atoms with Gasteiger partial charge in [0.25, 0.3) is 0 Å². The molecule has 8 aromatic rings. The van der Waals surface area contributed by atoms with Gasteiger partial charge in [0.2, 0.25) is 0 Å². The van der Waals surface area contributed by atoms with E-state index in [0.29, 0.717) is 0 Å². The first-order valence-electron chi connectivity index (χ1n) is 19.8. The molecule has 262 valence electrons. The van der Waals surface area contributed by atoms with Crippen LogP contribution in [0, 0.1) is 0 Å². The van der Waals surface area contributed by atoms with Crippen LogP contribution in [0.5, 0.6) is 0 Å². The van der Waals surface area contributed by atoms with E-state index in [1.54, 1.807) is 0 Å². The first kappa shape index (κ1) is 32.0. The number of hydrogen-bond acceptors (Lipinski definition) is 1. The van der Waals surface area contributed by atoms with E-state index in [4.69, 9.17) is 0 Å². The molecule has 11 rings (SSSR count). The van der Waals surface area contributed by atoms with Crippen LogP contribution in [0.25, 0.3) is 44.5 Å². The third-order valence-corrected chi connectivity index (χ3v) is 13.1. The average Bonchev–Trinajstić information content (AvgIpc) is 3.69. The molecule has 0 heterocycles. The van der Waals surface area contributed by atoms with Gasteiger partial charge in [-0.3, -0.25) is 0 Å². The van der Waals surface area contributed by atoms with Crippen LogP contribution in [0.2, 0.25) is 0 Å². The fourth-order valence-electron chi connectivity index (χ4n) is 10.5. The number of anilines is 3. The summed E-state index contributed by atoms with van der Waals surface area (Å²) in [6.07, 6.45) is 4.56. The molecule has 1 fully saturated rings. The fraction of sp³-hybridized carbons (Fsp3) is 0.111. The van der Waals surface area contributed by atoms with Crippen molar-refractivity contribution in [3.05, 3.63) is 222 Å². The molecule has 1 nitrogen and oxygen atoms in total. The zero-order chi connectivity index (χ0) is 36.4. The summed E-state index contributed by atoms with van der Waals surface area (Å²) in [7, 11) is 0. The van der Waals surface area contributed by atoms with Crippen LogP contribution in [-0.2, 0) is 10.8 Å². The van der Waals surface area contributed by atoms with Crippen LogP contribution < -0.4 is 4.90 Å². The monoisotopic (exact) mass is 703 g/mol. The van der Waals surface area contributed by atoms with E-state index in [0.717, 1.165) is 42.7 Å². The summed E-state index contributed by atoms with van der Waals surface area (Å²) in [6, 6.07) is 74.3. The molecule has 0 aromatic heterocycles. The Balaban J connectivity index is 0.961. The molecule has 55 heavy (non-hydrogen) atoms. The van der Waals surface area contributed by atoms with Crippen molar-refractivity contribution in [3.8, 4) is 44.5 Å². The third kappa shape index (κ3) is 4.93. The van der Waals surface area contributed by atoms with E-state index in [1.165, 1.54) is 66.8 Å². The Hall–Kier alpha value is -6.44. The highest BCUT2D eigenvalue weighted by atomic mass is 15.1. The maximum absolute atomic E-state index is 2.54. The fourth-order valence-corrected chi connectivity index (χ4v) is 10.5. The topological polar surface area (TPSA) is 3.24 Å². The van der Waals surface area contributed by atoms with Crippen molar-refractivity contribution in [2.75, 3.05) is 4.90 Å². The van der Waals surface area contributed by atoms with Crippen LogP contribution in [0.3, 0.4) is 0 Å². The van der Waals surface area contributed by atoms with Crippen LogP contribution in [0.1, 0.15) is 47.9 Å². The van der Waals surface area contributed by atoms with Gasteiger partial charge in [0, 0.05) is 27.9 Å². The van der Waals surface area contributed by atoms with Gasteiger partial charge in [0.05, 0.1) is 0 Å². The molecule has 1 heteroatoms. The van der Waals surface area contributed by atoms with Crippen molar-refractivity contribution in [1.29, 1.82) is 0 Å². The number of fused-ring (bicyclic) bond motifs is 10. The molecule has 0 atom stereocenters. The summed E-state index contributed by atoms with van der Waals surface area (Å²) >= 11 is 0. The van der Waals surface area contributed by atoms with Crippen LogP contribution >= 0.6 is 0 Å². The van der Waals surface area contributed by atoms with Gasteiger partial charge in [-0.25, -0.2) is 0 Å². The molecule has 0 radical (unpaired) electrons. The highest BCUT2D eigenvalue weighted by molar-refractivity contribution is 5.86. The molecule has 3 aliphatic rings. The SMILES string of the molecule is c1ccc(-c2cccc(N(c3ccccc3)c3ccc(-c4ccc5c(c4)C4(CCC6(CC4)c4ccccc4-c4ccccc46)c4ccccc4-5)cc3)c2)cc1. The van der Waals surface area contributed by atoms with E-state index in [-0.39, 0.29) is 10.8 Å². The van der Waals surface area contributed by atoms with Gasteiger partial charge < -0.3 is 4.90 Å². The minimum atomic E-state index is 0.00742. The van der Waals surface area contributed by atoms with Crippen molar-refractivity contribution in [3.63, 3.8) is 0 Å². The third-order valence-electron chi connectivity index (χ3n) is 13.1. The first-order chi connectivity index (χ1) is 27.2. The standard InChI is InChI=1S/C54H41N/c1-3-14-38(15-4-1)40-16-13-19-44(36-40)55(42-17-5-2-6-18-42)43-29-26-39(27-30-43)41-28-31-48-47-22-9-12-25-51(47)54(52(48)37-41)34-32-53(33-35-54)49-23-10-7-20-45(49)46-21-8-11-24-50(46)53/h1-31,36-37H,32-35H2. The number of hydrogen-bond donors (Lipinski definition) is 0. The highest BCUT2D eigenvalue weighted by Crippen LogP contribution is 2.63. The first-order valence-corrected chi connectivity index (χ1v) is 19.8. The van der Waals surface area contributed by atoms with Gasteiger partial charge in [-0.2, -0.15) is 0 Å². The van der Waals surface area contributed by atoms with E-state index in [1.807, 2.05) is 0 Å². The molecule has 8 aromatic carbocycles. The summed E-state index contributed by atoms with van der Waals surface area (Å²) in [5.41, 5.74) is 20.2. The van der Waals surface area contributed by atoms with E-state index in [9.17, 15) is 0 Å². The molecule has 3 aliphatic carbocycles. The predicted octanol–water partition coefficient (Wildman–Crippen LogP) is 14.3. The smallest absolute Gasteiger partial charge is 0.0467 e. The van der Waals surface area contributed by atoms with Gasteiger partial charge in [0.15, 0.2) is 0 Å². The van der Waals surface area contributed by atoms with E-state index < -0.39 is 0 Å². The quantitative estimate of drug-likeness (QED) is 0.172. The Bertz CT molecular complexity index is 2650. The molecule has 2 spiro atoms. The molecule has 0 N–H and O–H groups in total. The molecule has 0 aliphatic heterocycles. The van der Waals surface area contributed by atoms with Crippen LogP contribution in [0.4, 0.5) is 17.1 Å². The Labute approximate surface area is 324 Å². The lowest BCUT2D eigenvalue weighted by Gasteiger charge is -2.45. The molecule has 0 amide bonds. The minimum Gasteiger partial charge on any atom is -0.310 e. The van der Waals surface area contributed by atoms with Crippen LogP contribution in [-0.4, -0.2) is 0 Å². The molecular weight excluding hydrogens is 663 g/mol. The molecule has 0 bridgehead atoms. The van der Waals surface area contributed by atoms with Crippen molar-refractivity contribution < 1.29 is 0 Å². The zero-order valence-corrected chi connectivity index (χ0v) is 30.8. The Kier molecular flexibility index (Phi) is 7.32. The van der Waals surface area contributed by atoms with Crippen molar-refractivity contribution in [1.82, 2.24) is 0 Å². The van der Waals surface area contributed by atoms with Gasteiger partial charge in [-0.05, 0) is 135 Å². The van der Waals surface area contributed by atoms with Crippen molar-refractivity contribution >= 4 is 17.1 Å². The Morgan fingerprint density at radius 1 is 0.273 bits per heavy atom. The van der Waals surface area contributed by atoms with E-state index in [2.05, 4.69) is 205 Å². The Morgan fingerprint density at radius 3 is 1.27 bits per heavy atom. The van der Waals surface area contributed by atoms with E-state index >= 15 is 0 Å². The average molecular weight is 704 g/mol. The van der Waals surface area contributed by atoms with Gasteiger partial charge in [0.1, 0.15) is 0 Å². The predicted molar refractivity (Wildman–Crippen MR) is 229 cm³/mol. The Morgan fingerprint density at radius 2 is 0.673 bits per heavy atom. The van der Waals surface area contributed by atoms with Gasteiger partial charge in [-0.1, -0.05) is 158 Å². The highest BCUT2D eigenvalue weighted by Gasteiger charge is 2.52. The lowest BCUT2D eigenvalue weighted by atomic mass is 9.57. The molecular formula is C54H41N. The minimum absolute atomic E-state index is 0.00742. The summed E-state index contributed by atoms with van der Waals surface area (Å²) in [5.74, 6) is 0. The van der Waals surface area contributed by atoms with Crippen molar-refractivity contribution in [2.24, 2.45) is 0 Å². The lowest BCUT2D eigenvalue weighted by molar-refractivity contribution is 0.265. The number of rotatable bonds is 5. The zero-order valence-electron chi connectivity index (χ0n) is 30.8. The number of nitrogens with zero attached hydrogens (tertiary/aromatic N) is 1.